The van der Waals surface area contributed by atoms with Crippen molar-refractivity contribution in [3.8, 4) is 0 Å². The summed E-state index contributed by atoms with van der Waals surface area (Å²) in [5, 5.41) is 3.54. The van der Waals surface area contributed by atoms with E-state index in [0.717, 1.165) is 19.6 Å². The molecule has 3 heteroatoms. The van der Waals surface area contributed by atoms with Gasteiger partial charge in [-0.15, -0.1) is 0 Å². The predicted octanol–water partition coefficient (Wildman–Crippen LogP) is 1.66. The average Bonchev–Trinajstić information content (AvgIpc) is 2.20. The zero-order chi connectivity index (χ0) is 11.1. The van der Waals surface area contributed by atoms with Crippen molar-refractivity contribution < 1.29 is 4.74 Å². The molecule has 2 atom stereocenters. The lowest BCUT2D eigenvalue weighted by atomic mass is 9.91. The first-order valence-corrected chi connectivity index (χ1v) is 6.30. The molecule has 0 aromatic heterocycles. The summed E-state index contributed by atoms with van der Waals surface area (Å²) in [5.74, 6) is 0. The largest absolute Gasteiger partial charge is 0.379 e. The Morgan fingerprint density at radius 2 is 2.07 bits per heavy atom. The third kappa shape index (κ3) is 5.50. The lowest BCUT2D eigenvalue weighted by Gasteiger charge is -2.29. The molecule has 3 N–H and O–H groups in total. The van der Waals surface area contributed by atoms with Crippen LogP contribution < -0.4 is 11.1 Å². The third-order valence-electron chi connectivity index (χ3n) is 3.00. The number of rotatable bonds is 6. The highest BCUT2D eigenvalue weighted by atomic mass is 16.5. The smallest absolute Gasteiger partial charge is 0.0518 e. The molecular weight excluding hydrogens is 188 g/mol. The topological polar surface area (TPSA) is 47.3 Å². The monoisotopic (exact) mass is 214 g/mol. The molecule has 0 bridgehead atoms. The van der Waals surface area contributed by atoms with Crippen molar-refractivity contribution in [2.75, 3.05) is 13.2 Å². The molecule has 0 saturated heterocycles. The van der Waals surface area contributed by atoms with Crippen LogP contribution in [0.15, 0.2) is 0 Å². The zero-order valence-electron chi connectivity index (χ0n) is 10.2. The van der Waals surface area contributed by atoms with Gasteiger partial charge in [-0.25, -0.2) is 0 Å². The molecule has 0 unspecified atom stereocenters. The summed E-state index contributed by atoms with van der Waals surface area (Å²) in [6.07, 6.45) is 6.49. The van der Waals surface area contributed by atoms with Crippen LogP contribution in [0.25, 0.3) is 0 Å². The van der Waals surface area contributed by atoms with E-state index in [4.69, 9.17) is 10.5 Å². The molecule has 0 aliphatic heterocycles. The summed E-state index contributed by atoms with van der Waals surface area (Å²) < 4.78 is 5.49. The van der Waals surface area contributed by atoms with Gasteiger partial charge in [-0.2, -0.15) is 0 Å². The Balaban J connectivity index is 1.99. The Bertz CT molecular complexity index is 162. The van der Waals surface area contributed by atoms with Crippen LogP contribution in [0.3, 0.4) is 0 Å². The van der Waals surface area contributed by atoms with Crippen LogP contribution in [-0.2, 0) is 4.74 Å². The molecule has 0 spiro atoms. The van der Waals surface area contributed by atoms with E-state index in [1.54, 1.807) is 0 Å². The van der Waals surface area contributed by atoms with Crippen LogP contribution in [0.4, 0.5) is 0 Å². The van der Waals surface area contributed by atoms with E-state index >= 15 is 0 Å². The van der Waals surface area contributed by atoms with Gasteiger partial charge < -0.3 is 15.8 Å². The van der Waals surface area contributed by atoms with Crippen molar-refractivity contribution in [3.05, 3.63) is 0 Å². The number of ether oxygens (including phenoxy) is 1. The zero-order valence-corrected chi connectivity index (χ0v) is 10.2. The molecular formula is C12H26N2O. The minimum absolute atomic E-state index is 0.349. The van der Waals surface area contributed by atoms with Gasteiger partial charge >= 0.3 is 0 Å². The first kappa shape index (κ1) is 12.9. The summed E-state index contributed by atoms with van der Waals surface area (Å²) in [7, 11) is 0. The van der Waals surface area contributed by atoms with Gasteiger partial charge in [0.25, 0.3) is 0 Å². The maximum absolute atomic E-state index is 6.05. The highest BCUT2D eigenvalue weighted by molar-refractivity contribution is 4.83. The Morgan fingerprint density at radius 3 is 2.73 bits per heavy atom. The molecule has 0 aromatic rings. The fourth-order valence-electron chi connectivity index (χ4n) is 2.09. The minimum atomic E-state index is 0.349. The lowest BCUT2D eigenvalue weighted by molar-refractivity contribution is 0.0763. The molecule has 15 heavy (non-hydrogen) atoms. The second-order valence-corrected chi connectivity index (χ2v) is 4.78. The fourth-order valence-corrected chi connectivity index (χ4v) is 2.09. The van der Waals surface area contributed by atoms with Crippen molar-refractivity contribution >= 4 is 0 Å². The average molecular weight is 214 g/mol. The molecule has 0 amide bonds. The molecule has 1 rings (SSSR count). The standard InChI is InChI=1S/C12H26N2O/c1-10(2)15-9-5-8-14-12-7-4-3-6-11(12)13/h10-12,14H,3-9,13H2,1-2H3/t11-,12-/m0/s1. The van der Waals surface area contributed by atoms with E-state index in [9.17, 15) is 0 Å². The quantitative estimate of drug-likeness (QED) is 0.661. The number of hydrogen-bond acceptors (Lipinski definition) is 3. The van der Waals surface area contributed by atoms with Crippen LogP contribution >= 0.6 is 0 Å². The van der Waals surface area contributed by atoms with E-state index in [1.165, 1.54) is 25.7 Å². The molecule has 90 valence electrons. The lowest BCUT2D eigenvalue weighted by Crippen LogP contribution is -2.47. The first-order valence-electron chi connectivity index (χ1n) is 6.30. The van der Waals surface area contributed by atoms with Gasteiger partial charge in [-0.3, -0.25) is 0 Å². The van der Waals surface area contributed by atoms with Gasteiger partial charge in [0, 0.05) is 18.7 Å². The van der Waals surface area contributed by atoms with Crippen molar-refractivity contribution in [2.24, 2.45) is 5.73 Å². The van der Waals surface area contributed by atoms with Crippen molar-refractivity contribution in [1.82, 2.24) is 5.32 Å². The number of nitrogens with two attached hydrogens (primary N) is 1. The molecule has 0 aromatic carbocycles. The van der Waals surface area contributed by atoms with Gasteiger partial charge in [0.1, 0.15) is 0 Å². The Labute approximate surface area is 93.8 Å². The molecule has 1 saturated carbocycles. The van der Waals surface area contributed by atoms with Crippen molar-refractivity contribution in [1.29, 1.82) is 0 Å². The predicted molar refractivity (Wildman–Crippen MR) is 63.9 cm³/mol. The molecule has 0 heterocycles. The first-order chi connectivity index (χ1) is 7.20. The van der Waals surface area contributed by atoms with E-state index in [-0.39, 0.29) is 0 Å². The Morgan fingerprint density at radius 1 is 1.33 bits per heavy atom. The van der Waals surface area contributed by atoms with Crippen molar-refractivity contribution in [3.63, 3.8) is 0 Å². The van der Waals surface area contributed by atoms with Crippen LogP contribution in [0.1, 0.15) is 46.0 Å². The number of nitrogens with one attached hydrogen (secondary N) is 1. The second kappa shape index (κ2) is 7.20. The second-order valence-electron chi connectivity index (χ2n) is 4.78. The number of hydrogen-bond donors (Lipinski definition) is 2. The Hall–Kier alpha value is -0.120. The van der Waals surface area contributed by atoms with Crippen LogP contribution in [0.2, 0.25) is 0 Å². The molecule has 3 nitrogen and oxygen atoms in total. The highest BCUT2D eigenvalue weighted by Crippen LogP contribution is 2.16. The van der Waals surface area contributed by atoms with Crippen molar-refractivity contribution in [2.45, 2.75) is 64.1 Å². The van der Waals surface area contributed by atoms with Crippen LogP contribution in [-0.4, -0.2) is 31.3 Å². The minimum Gasteiger partial charge on any atom is -0.379 e. The van der Waals surface area contributed by atoms with Crippen LogP contribution in [0, 0.1) is 0 Å². The van der Waals surface area contributed by atoms with Gasteiger partial charge in [-0.1, -0.05) is 12.8 Å². The van der Waals surface area contributed by atoms with E-state index in [1.807, 2.05) is 0 Å². The maximum atomic E-state index is 6.05. The normalized spacial score (nSPS) is 27.2. The van der Waals surface area contributed by atoms with Gasteiger partial charge in [0.05, 0.1) is 6.10 Å². The molecule has 1 aliphatic rings. The molecule has 1 fully saturated rings. The molecule has 1 aliphatic carbocycles. The van der Waals surface area contributed by atoms with E-state index in [2.05, 4.69) is 19.2 Å². The summed E-state index contributed by atoms with van der Waals surface area (Å²) in [4.78, 5) is 0. The van der Waals surface area contributed by atoms with E-state index in [0.29, 0.717) is 18.2 Å². The van der Waals surface area contributed by atoms with Gasteiger partial charge in [0.2, 0.25) is 0 Å². The SMILES string of the molecule is CC(C)OCCCN[C@H]1CCCC[C@@H]1N. The fraction of sp³-hybridized carbons (Fsp3) is 1.00. The van der Waals surface area contributed by atoms with Crippen LogP contribution in [0.5, 0.6) is 0 Å². The summed E-state index contributed by atoms with van der Waals surface area (Å²) in [6.45, 7) is 6.03. The highest BCUT2D eigenvalue weighted by Gasteiger charge is 2.20. The molecule has 0 radical (unpaired) electrons. The summed E-state index contributed by atoms with van der Waals surface area (Å²) in [5.41, 5.74) is 6.05. The summed E-state index contributed by atoms with van der Waals surface area (Å²) in [6, 6.07) is 0.905. The Kier molecular flexibility index (Phi) is 6.22. The van der Waals surface area contributed by atoms with E-state index < -0.39 is 0 Å². The maximum Gasteiger partial charge on any atom is 0.0518 e. The summed E-state index contributed by atoms with van der Waals surface area (Å²) >= 11 is 0. The third-order valence-corrected chi connectivity index (χ3v) is 3.00. The van der Waals surface area contributed by atoms with Gasteiger partial charge in [-0.05, 0) is 39.7 Å². The van der Waals surface area contributed by atoms with Gasteiger partial charge in [0.15, 0.2) is 0 Å².